The maximum atomic E-state index is 6.00. The number of hydrogen-bond donors (Lipinski definition) is 2. The van der Waals surface area contributed by atoms with Gasteiger partial charge in [0, 0.05) is 10.6 Å². The van der Waals surface area contributed by atoms with Crippen molar-refractivity contribution in [2.24, 2.45) is 11.7 Å². The lowest BCUT2D eigenvalue weighted by atomic mass is 10.1. The number of halogens is 1. The lowest BCUT2D eigenvalue weighted by molar-refractivity contribution is 0.492. The molecular weight excluding hydrogens is 236 g/mol. The van der Waals surface area contributed by atoms with Gasteiger partial charge in [-0.2, -0.15) is 5.10 Å². The summed E-state index contributed by atoms with van der Waals surface area (Å²) in [6.45, 7) is 4.10. The zero-order chi connectivity index (χ0) is 12.4. The van der Waals surface area contributed by atoms with Crippen molar-refractivity contribution in [2.75, 3.05) is 0 Å². The predicted octanol–water partition coefficient (Wildman–Crippen LogP) is 2.78. The number of nitrogens with zero attached hydrogens (tertiary/aromatic N) is 2. The molecule has 17 heavy (non-hydrogen) atoms. The van der Waals surface area contributed by atoms with Gasteiger partial charge in [0.2, 0.25) is 0 Å². The smallest absolute Gasteiger partial charge is 0.181 e. The van der Waals surface area contributed by atoms with Crippen molar-refractivity contribution in [1.82, 2.24) is 15.2 Å². The first-order chi connectivity index (χ1) is 8.08. The van der Waals surface area contributed by atoms with E-state index in [1.165, 1.54) is 0 Å². The first kappa shape index (κ1) is 12.1. The fourth-order valence-corrected chi connectivity index (χ4v) is 1.69. The van der Waals surface area contributed by atoms with Crippen molar-refractivity contribution in [3.8, 4) is 11.4 Å². The number of aromatic nitrogens is 3. The SMILES string of the molecule is CC(C)C(N)c1nc(-c2cccc(Cl)c2)n[nH]1. The van der Waals surface area contributed by atoms with E-state index in [0.717, 1.165) is 5.56 Å². The third kappa shape index (κ3) is 2.65. The Kier molecular flexibility index (Phi) is 3.45. The predicted molar refractivity (Wildman–Crippen MR) is 68.6 cm³/mol. The molecule has 90 valence electrons. The van der Waals surface area contributed by atoms with E-state index in [1.807, 2.05) is 38.1 Å². The summed E-state index contributed by atoms with van der Waals surface area (Å²) >= 11 is 5.92. The normalized spacial score (nSPS) is 13.0. The van der Waals surface area contributed by atoms with Crippen LogP contribution in [0.25, 0.3) is 11.4 Å². The Balaban J connectivity index is 2.30. The van der Waals surface area contributed by atoms with E-state index in [1.54, 1.807) is 0 Å². The van der Waals surface area contributed by atoms with Gasteiger partial charge >= 0.3 is 0 Å². The topological polar surface area (TPSA) is 67.6 Å². The summed E-state index contributed by atoms with van der Waals surface area (Å²) < 4.78 is 0. The van der Waals surface area contributed by atoms with Crippen LogP contribution in [0.5, 0.6) is 0 Å². The highest BCUT2D eigenvalue weighted by Gasteiger charge is 2.15. The minimum atomic E-state index is -0.129. The highest BCUT2D eigenvalue weighted by atomic mass is 35.5. The van der Waals surface area contributed by atoms with Crippen LogP contribution in [-0.2, 0) is 0 Å². The van der Waals surface area contributed by atoms with Gasteiger partial charge in [0.15, 0.2) is 5.82 Å². The summed E-state index contributed by atoms with van der Waals surface area (Å²) in [5.41, 5.74) is 6.88. The van der Waals surface area contributed by atoms with Crippen molar-refractivity contribution in [3.63, 3.8) is 0 Å². The van der Waals surface area contributed by atoms with Crippen LogP contribution in [0.15, 0.2) is 24.3 Å². The lowest BCUT2D eigenvalue weighted by Gasteiger charge is -2.11. The Hall–Kier alpha value is -1.39. The summed E-state index contributed by atoms with van der Waals surface area (Å²) in [6, 6.07) is 7.30. The molecule has 0 aliphatic rings. The van der Waals surface area contributed by atoms with Crippen molar-refractivity contribution in [2.45, 2.75) is 19.9 Å². The molecule has 0 saturated carbocycles. The molecule has 1 aromatic carbocycles. The van der Waals surface area contributed by atoms with Gasteiger partial charge in [-0.05, 0) is 18.1 Å². The number of H-pyrrole nitrogens is 1. The van der Waals surface area contributed by atoms with E-state index in [4.69, 9.17) is 17.3 Å². The first-order valence-corrected chi connectivity index (χ1v) is 5.89. The molecule has 0 spiro atoms. The van der Waals surface area contributed by atoms with E-state index < -0.39 is 0 Å². The molecule has 4 nitrogen and oxygen atoms in total. The monoisotopic (exact) mass is 250 g/mol. The van der Waals surface area contributed by atoms with Crippen LogP contribution in [-0.4, -0.2) is 15.2 Å². The minimum absolute atomic E-state index is 0.129. The van der Waals surface area contributed by atoms with Gasteiger partial charge in [0.25, 0.3) is 0 Å². The maximum Gasteiger partial charge on any atom is 0.181 e. The molecular formula is C12H15ClN4. The minimum Gasteiger partial charge on any atom is -0.321 e. The van der Waals surface area contributed by atoms with Crippen LogP contribution >= 0.6 is 11.6 Å². The molecule has 0 aliphatic heterocycles. The maximum absolute atomic E-state index is 6.00. The van der Waals surface area contributed by atoms with Crippen LogP contribution in [0, 0.1) is 5.92 Å². The largest absolute Gasteiger partial charge is 0.321 e. The Labute approximate surface area is 105 Å². The Morgan fingerprint density at radius 1 is 1.35 bits per heavy atom. The lowest BCUT2D eigenvalue weighted by Crippen LogP contribution is -2.18. The Morgan fingerprint density at radius 3 is 2.76 bits per heavy atom. The van der Waals surface area contributed by atoms with Crippen molar-refractivity contribution in [3.05, 3.63) is 35.1 Å². The zero-order valence-electron chi connectivity index (χ0n) is 9.81. The summed E-state index contributed by atoms with van der Waals surface area (Å²) in [7, 11) is 0. The molecule has 3 N–H and O–H groups in total. The zero-order valence-corrected chi connectivity index (χ0v) is 10.6. The third-order valence-electron chi connectivity index (χ3n) is 2.62. The average Bonchev–Trinajstić information content (AvgIpc) is 2.77. The average molecular weight is 251 g/mol. The molecule has 1 heterocycles. The van der Waals surface area contributed by atoms with E-state index >= 15 is 0 Å². The third-order valence-corrected chi connectivity index (χ3v) is 2.85. The molecule has 1 atom stereocenters. The molecule has 0 bridgehead atoms. The molecule has 1 aromatic heterocycles. The summed E-state index contributed by atoms with van der Waals surface area (Å²) in [5, 5.41) is 7.70. The summed E-state index contributed by atoms with van der Waals surface area (Å²) in [6.07, 6.45) is 0. The molecule has 2 rings (SSSR count). The van der Waals surface area contributed by atoms with Gasteiger partial charge in [-0.3, -0.25) is 5.10 Å². The van der Waals surface area contributed by atoms with Crippen LogP contribution < -0.4 is 5.73 Å². The fourth-order valence-electron chi connectivity index (χ4n) is 1.50. The quantitative estimate of drug-likeness (QED) is 0.880. The molecule has 1 unspecified atom stereocenters. The standard InChI is InChI=1S/C12H15ClN4/c1-7(2)10(14)12-15-11(16-17-12)8-4-3-5-9(13)6-8/h3-7,10H,14H2,1-2H3,(H,15,16,17). The Bertz CT molecular complexity index is 507. The Morgan fingerprint density at radius 2 is 2.12 bits per heavy atom. The van der Waals surface area contributed by atoms with Crippen molar-refractivity contribution < 1.29 is 0 Å². The van der Waals surface area contributed by atoms with Crippen LogP contribution in [0.2, 0.25) is 5.02 Å². The molecule has 2 aromatic rings. The number of rotatable bonds is 3. The second-order valence-electron chi connectivity index (χ2n) is 4.32. The van der Waals surface area contributed by atoms with Gasteiger partial charge in [-0.1, -0.05) is 37.6 Å². The van der Waals surface area contributed by atoms with Crippen molar-refractivity contribution in [1.29, 1.82) is 0 Å². The first-order valence-electron chi connectivity index (χ1n) is 5.51. The van der Waals surface area contributed by atoms with Gasteiger partial charge in [0.05, 0.1) is 6.04 Å². The van der Waals surface area contributed by atoms with E-state index in [-0.39, 0.29) is 6.04 Å². The van der Waals surface area contributed by atoms with Crippen LogP contribution in [0.4, 0.5) is 0 Å². The highest BCUT2D eigenvalue weighted by Crippen LogP contribution is 2.21. The number of nitrogens with one attached hydrogen (secondary N) is 1. The number of nitrogens with two attached hydrogens (primary N) is 1. The van der Waals surface area contributed by atoms with E-state index in [9.17, 15) is 0 Å². The summed E-state index contributed by atoms with van der Waals surface area (Å²) in [5.74, 6) is 1.64. The van der Waals surface area contributed by atoms with Crippen LogP contribution in [0.3, 0.4) is 0 Å². The molecule has 5 heteroatoms. The van der Waals surface area contributed by atoms with Crippen molar-refractivity contribution >= 4 is 11.6 Å². The highest BCUT2D eigenvalue weighted by molar-refractivity contribution is 6.30. The molecule has 0 radical (unpaired) electrons. The van der Waals surface area contributed by atoms with Gasteiger partial charge < -0.3 is 5.73 Å². The van der Waals surface area contributed by atoms with E-state index in [2.05, 4.69) is 15.2 Å². The van der Waals surface area contributed by atoms with E-state index in [0.29, 0.717) is 22.6 Å². The molecule has 0 aliphatic carbocycles. The van der Waals surface area contributed by atoms with Gasteiger partial charge in [0.1, 0.15) is 5.82 Å². The second-order valence-corrected chi connectivity index (χ2v) is 4.76. The molecule has 0 saturated heterocycles. The van der Waals surface area contributed by atoms with Gasteiger partial charge in [-0.15, -0.1) is 0 Å². The van der Waals surface area contributed by atoms with Gasteiger partial charge in [-0.25, -0.2) is 4.98 Å². The number of aromatic amines is 1. The number of benzene rings is 1. The summed E-state index contributed by atoms with van der Waals surface area (Å²) in [4.78, 5) is 4.39. The second kappa shape index (κ2) is 4.85. The van der Waals surface area contributed by atoms with Crippen LogP contribution in [0.1, 0.15) is 25.7 Å². The molecule has 0 amide bonds. The fraction of sp³-hybridized carbons (Fsp3) is 0.333. The number of hydrogen-bond acceptors (Lipinski definition) is 3. The molecule has 0 fully saturated rings.